The van der Waals surface area contributed by atoms with Crippen LogP contribution in [0.5, 0.6) is 0 Å². The first kappa shape index (κ1) is 19.3. The number of anilines is 1. The summed E-state index contributed by atoms with van der Waals surface area (Å²) in [5.74, 6) is -0.0859. The molecular formula is C20H14ClN5O4. The maximum absolute atomic E-state index is 13.1. The quantitative estimate of drug-likeness (QED) is 0.361. The van der Waals surface area contributed by atoms with Gasteiger partial charge in [0.15, 0.2) is 5.76 Å². The van der Waals surface area contributed by atoms with E-state index in [2.05, 4.69) is 15.4 Å². The number of para-hydroxylation sites is 1. The molecule has 0 fully saturated rings. The summed E-state index contributed by atoms with van der Waals surface area (Å²) in [6, 6.07) is 16.2. The second-order valence-electron chi connectivity index (χ2n) is 6.17. The van der Waals surface area contributed by atoms with E-state index in [9.17, 15) is 14.9 Å². The van der Waals surface area contributed by atoms with E-state index in [-0.39, 0.29) is 29.6 Å². The fraction of sp³-hybridized carbons (Fsp3) is 0.0500. The van der Waals surface area contributed by atoms with Crippen molar-refractivity contribution < 1.29 is 14.1 Å². The van der Waals surface area contributed by atoms with Gasteiger partial charge in [0.05, 0.1) is 11.2 Å². The van der Waals surface area contributed by atoms with Gasteiger partial charge in [0.2, 0.25) is 11.8 Å². The number of nitro groups is 1. The smallest absolute Gasteiger partial charge is 0.288 e. The Kier molecular flexibility index (Phi) is 5.27. The maximum atomic E-state index is 13.1. The molecule has 0 spiro atoms. The van der Waals surface area contributed by atoms with Crippen LogP contribution in [0.3, 0.4) is 0 Å². The molecule has 0 unspecified atom stereocenters. The van der Waals surface area contributed by atoms with Crippen molar-refractivity contribution in [1.82, 2.24) is 14.8 Å². The van der Waals surface area contributed by atoms with Crippen LogP contribution in [-0.4, -0.2) is 25.6 Å². The summed E-state index contributed by atoms with van der Waals surface area (Å²) in [5, 5.41) is 19.1. The average Bonchev–Trinajstić information content (AvgIpc) is 3.42. The first-order valence-corrected chi connectivity index (χ1v) is 9.18. The van der Waals surface area contributed by atoms with Gasteiger partial charge in [0.25, 0.3) is 11.6 Å². The Balaban J connectivity index is 1.73. The van der Waals surface area contributed by atoms with Gasteiger partial charge < -0.3 is 9.73 Å². The second-order valence-corrected chi connectivity index (χ2v) is 6.58. The van der Waals surface area contributed by atoms with Gasteiger partial charge in [-0.15, -0.1) is 5.10 Å². The van der Waals surface area contributed by atoms with Crippen molar-refractivity contribution in [2.24, 2.45) is 0 Å². The van der Waals surface area contributed by atoms with Crippen molar-refractivity contribution in [3.05, 3.63) is 93.2 Å². The number of aromatic nitrogens is 3. The molecule has 1 N–H and O–H groups in total. The van der Waals surface area contributed by atoms with Gasteiger partial charge in [-0.1, -0.05) is 41.9 Å². The Hall–Kier alpha value is -3.98. The van der Waals surface area contributed by atoms with Gasteiger partial charge >= 0.3 is 0 Å². The van der Waals surface area contributed by atoms with E-state index in [0.29, 0.717) is 10.8 Å². The molecule has 2 aromatic carbocycles. The van der Waals surface area contributed by atoms with Gasteiger partial charge in [-0.05, 0) is 29.8 Å². The Morgan fingerprint density at radius 2 is 1.90 bits per heavy atom. The molecule has 4 aromatic rings. The lowest BCUT2D eigenvalue weighted by Crippen LogP contribution is -2.18. The minimum absolute atomic E-state index is 0.101. The van der Waals surface area contributed by atoms with Crippen molar-refractivity contribution in [2.45, 2.75) is 6.54 Å². The highest BCUT2D eigenvalue weighted by Crippen LogP contribution is 2.24. The van der Waals surface area contributed by atoms with Crippen molar-refractivity contribution in [3.8, 4) is 11.6 Å². The first-order valence-electron chi connectivity index (χ1n) is 8.81. The molecule has 2 heterocycles. The van der Waals surface area contributed by atoms with Crippen LogP contribution in [0.2, 0.25) is 5.02 Å². The Labute approximate surface area is 175 Å². The molecule has 0 saturated heterocycles. The molecular weight excluding hydrogens is 410 g/mol. The standard InChI is InChI=1S/C20H14ClN5O4/c21-15-8-3-1-6-13(15)12-22-20-23-18(17-10-5-11-30-17)24-25(20)19(27)14-7-2-4-9-16(14)26(28)29/h1-11H,12H2,(H,22,23,24). The van der Waals surface area contributed by atoms with Gasteiger partial charge in [-0.2, -0.15) is 9.67 Å². The molecule has 4 rings (SSSR count). The number of nitro benzene ring substituents is 1. The zero-order valence-corrected chi connectivity index (χ0v) is 16.1. The number of hydrogen-bond acceptors (Lipinski definition) is 7. The predicted molar refractivity (Wildman–Crippen MR) is 109 cm³/mol. The molecule has 9 nitrogen and oxygen atoms in total. The third kappa shape index (κ3) is 3.78. The van der Waals surface area contributed by atoms with Crippen LogP contribution in [0.4, 0.5) is 11.6 Å². The van der Waals surface area contributed by atoms with E-state index >= 15 is 0 Å². The van der Waals surface area contributed by atoms with Gasteiger partial charge in [-0.25, -0.2) is 0 Å². The van der Waals surface area contributed by atoms with E-state index in [1.165, 1.54) is 24.5 Å². The van der Waals surface area contributed by atoms with Crippen molar-refractivity contribution in [3.63, 3.8) is 0 Å². The summed E-state index contributed by atoms with van der Waals surface area (Å²) in [5.41, 5.74) is 0.347. The molecule has 0 bridgehead atoms. The van der Waals surface area contributed by atoms with Crippen LogP contribution < -0.4 is 5.32 Å². The Bertz CT molecular complexity index is 1220. The predicted octanol–water partition coefficient (Wildman–Crippen LogP) is 4.40. The molecule has 0 radical (unpaired) electrons. The molecule has 10 heteroatoms. The highest BCUT2D eigenvalue weighted by molar-refractivity contribution is 6.31. The SMILES string of the molecule is O=C(c1ccccc1[N+](=O)[O-])n1nc(-c2ccco2)nc1NCc1ccccc1Cl. The fourth-order valence-corrected chi connectivity index (χ4v) is 3.02. The Morgan fingerprint density at radius 1 is 1.13 bits per heavy atom. The number of benzene rings is 2. The normalized spacial score (nSPS) is 10.7. The Morgan fingerprint density at radius 3 is 2.63 bits per heavy atom. The molecule has 0 aliphatic carbocycles. The number of carbonyl (C=O) groups excluding carboxylic acids is 1. The number of carbonyl (C=O) groups is 1. The molecule has 30 heavy (non-hydrogen) atoms. The summed E-state index contributed by atoms with van der Waals surface area (Å²) >= 11 is 6.19. The third-order valence-corrected chi connectivity index (χ3v) is 4.64. The molecule has 2 aromatic heterocycles. The zero-order chi connectivity index (χ0) is 21.1. The van der Waals surface area contributed by atoms with E-state index in [0.717, 1.165) is 10.2 Å². The van der Waals surface area contributed by atoms with Crippen molar-refractivity contribution in [1.29, 1.82) is 0 Å². The fourth-order valence-electron chi connectivity index (χ4n) is 2.82. The van der Waals surface area contributed by atoms with Crippen LogP contribution in [-0.2, 0) is 6.54 Å². The number of rotatable bonds is 6. The molecule has 0 aliphatic rings. The van der Waals surface area contributed by atoms with Gasteiger partial charge in [-0.3, -0.25) is 14.9 Å². The molecule has 0 atom stereocenters. The number of furan rings is 1. The number of nitrogens with one attached hydrogen (secondary N) is 1. The lowest BCUT2D eigenvalue weighted by atomic mass is 10.1. The highest BCUT2D eigenvalue weighted by Gasteiger charge is 2.25. The average molecular weight is 424 g/mol. The summed E-state index contributed by atoms with van der Waals surface area (Å²) in [6.45, 7) is 0.264. The van der Waals surface area contributed by atoms with Crippen LogP contribution in [0.1, 0.15) is 15.9 Å². The van der Waals surface area contributed by atoms with E-state index in [1.807, 2.05) is 12.1 Å². The lowest BCUT2D eigenvalue weighted by Gasteiger charge is -2.08. The van der Waals surface area contributed by atoms with Crippen LogP contribution in [0.15, 0.2) is 71.3 Å². The maximum Gasteiger partial charge on any atom is 0.288 e. The molecule has 0 aliphatic heterocycles. The van der Waals surface area contributed by atoms with Crippen molar-refractivity contribution >= 4 is 29.1 Å². The van der Waals surface area contributed by atoms with E-state index in [1.54, 1.807) is 30.3 Å². The molecule has 0 saturated carbocycles. The zero-order valence-electron chi connectivity index (χ0n) is 15.4. The van der Waals surface area contributed by atoms with Crippen LogP contribution in [0.25, 0.3) is 11.6 Å². The number of nitrogens with zero attached hydrogens (tertiary/aromatic N) is 4. The second kappa shape index (κ2) is 8.18. The first-order chi connectivity index (χ1) is 14.5. The minimum Gasteiger partial charge on any atom is -0.461 e. The summed E-state index contributed by atoms with van der Waals surface area (Å²) in [4.78, 5) is 28.2. The van der Waals surface area contributed by atoms with Crippen LogP contribution in [0, 0.1) is 10.1 Å². The summed E-state index contributed by atoms with van der Waals surface area (Å²) < 4.78 is 6.29. The summed E-state index contributed by atoms with van der Waals surface area (Å²) in [7, 11) is 0. The van der Waals surface area contributed by atoms with Gasteiger partial charge in [0.1, 0.15) is 5.56 Å². The molecule has 0 amide bonds. The monoisotopic (exact) mass is 423 g/mol. The summed E-state index contributed by atoms with van der Waals surface area (Å²) in [6.07, 6.45) is 1.46. The van der Waals surface area contributed by atoms with Crippen LogP contribution >= 0.6 is 11.6 Å². The lowest BCUT2D eigenvalue weighted by molar-refractivity contribution is -0.385. The third-order valence-electron chi connectivity index (χ3n) is 4.27. The number of halogens is 1. The van der Waals surface area contributed by atoms with Crippen molar-refractivity contribution in [2.75, 3.05) is 5.32 Å². The van der Waals surface area contributed by atoms with E-state index in [4.69, 9.17) is 16.0 Å². The largest absolute Gasteiger partial charge is 0.461 e. The minimum atomic E-state index is -0.700. The number of hydrogen-bond donors (Lipinski definition) is 1. The highest BCUT2D eigenvalue weighted by atomic mass is 35.5. The topological polar surface area (TPSA) is 116 Å². The molecule has 150 valence electrons. The van der Waals surface area contributed by atoms with Gasteiger partial charge in [0, 0.05) is 17.6 Å². The van der Waals surface area contributed by atoms with E-state index < -0.39 is 10.8 Å².